The van der Waals surface area contributed by atoms with Crippen molar-refractivity contribution in [2.75, 3.05) is 42.1 Å². The van der Waals surface area contributed by atoms with Gasteiger partial charge in [-0.1, -0.05) is 42.5 Å². The van der Waals surface area contributed by atoms with E-state index in [4.69, 9.17) is 10.5 Å². The lowest BCUT2D eigenvalue weighted by Crippen LogP contribution is -2.34. The number of nitrogen functional groups attached to an aromatic ring is 1. The molecule has 0 radical (unpaired) electrons. The van der Waals surface area contributed by atoms with E-state index in [9.17, 15) is 9.59 Å². The molecule has 1 spiro atoms. The first kappa shape index (κ1) is 22.7. The number of amides is 2. The number of rotatable bonds is 5. The highest BCUT2D eigenvalue weighted by Crippen LogP contribution is 2.41. The van der Waals surface area contributed by atoms with Gasteiger partial charge in [-0.2, -0.15) is 0 Å². The van der Waals surface area contributed by atoms with Gasteiger partial charge in [0.15, 0.2) is 0 Å². The number of para-hydroxylation sites is 2. The highest BCUT2D eigenvalue weighted by Gasteiger charge is 2.45. The molecule has 8 heteroatoms. The standard InChI is InChI=1S/C27H29N5O3/c28-22-8-4-5-9-23(22)30-25(33)21-10-11-24(29-16-21)31-14-12-27(18-31)13-15-32(19-27)26(34)35-17-20-6-2-1-3-7-20/h1-11,16H,12-15,17-19,28H2,(H,30,33). The second-order valence-electron chi connectivity index (χ2n) is 9.33. The summed E-state index contributed by atoms with van der Waals surface area (Å²) in [6.07, 6.45) is 3.28. The number of nitrogens with two attached hydrogens (primary N) is 1. The van der Waals surface area contributed by atoms with E-state index in [2.05, 4.69) is 15.2 Å². The molecule has 5 rings (SSSR count). The van der Waals surface area contributed by atoms with Crippen molar-refractivity contribution in [1.29, 1.82) is 0 Å². The van der Waals surface area contributed by atoms with Crippen LogP contribution in [-0.2, 0) is 11.3 Å². The van der Waals surface area contributed by atoms with Crippen LogP contribution < -0.4 is 16.0 Å². The zero-order valence-electron chi connectivity index (χ0n) is 19.5. The second kappa shape index (κ2) is 9.66. The zero-order valence-corrected chi connectivity index (χ0v) is 19.5. The Bertz CT molecular complexity index is 1200. The molecule has 2 aliphatic heterocycles. The van der Waals surface area contributed by atoms with E-state index >= 15 is 0 Å². The molecule has 1 unspecified atom stereocenters. The number of carbonyl (C=O) groups excluding carboxylic acids is 2. The Kier molecular flexibility index (Phi) is 6.27. The van der Waals surface area contributed by atoms with E-state index in [1.54, 1.807) is 24.4 Å². The Morgan fingerprint density at radius 1 is 0.971 bits per heavy atom. The number of benzene rings is 2. The van der Waals surface area contributed by atoms with Gasteiger partial charge in [0.05, 0.1) is 16.9 Å². The van der Waals surface area contributed by atoms with Gasteiger partial charge >= 0.3 is 6.09 Å². The van der Waals surface area contributed by atoms with Gasteiger partial charge in [-0.25, -0.2) is 9.78 Å². The van der Waals surface area contributed by atoms with Crippen molar-refractivity contribution in [3.63, 3.8) is 0 Å². The minimum absolute atomic E-state index is 0.0499. The number of pyridine rings is 1. The first-order chi connectivity index (χ1) is 17.0. The van der Waals surface area contributed by atoms with Gasteiger partial charge in [0.1, 0.15) is 12.4 Å². The average Bonchev–Trinajstić information content (AvgIpc) is 3.51. The number of likely N-dealkylation sites (tertiary alicyclic amines) is 1. The summed E-state index contributed by atoms with van der Waals surface area (Å²) in [5.74, 6) is 0.586. The van der Waals surface area contributed by atoms with Gasteiger partial charge in [0.25, 0.3) is 5.91 Å². The van der Waals surface area contributed by atoms with E-state index in [0.717, 1.165) is 37.3 Å². The number of aromatic nitrogens is 1. The lowest BCUT2D eigenvalue weighted by Gasteiger charge is -2.25. The molecule has 0 aliphatic carbocycles. The fourth-order valence-electron chi connectivity index (χ4n) is 4.88. The number of nitrogens with one attached hydrogen (secondary N) is 1. The normalized spacial score (nSPS) is 19.2. The molecule has 1 atom stereocenters. The molecule has 8 nitrogen and oxygen atoms in total. The van der Waals surface area contributed by atoms with Crippen molar-refractivity contribution in [1.82, 2.24) is 9.88 Å². The van der Waals surface area contributed by atoms with Crippen molar-refractivity contribution in [3.05, 3.63) is 84.1 Å². The smallest absolute Gasteiger partial charge is 0.410 e. The molecule has 2 aliphatic rings. The summed E-state index contributed by atoms with van der Waals surface area (Å²) in [5.41, 5.74) is 8.51. The van der Waals surface area contributed by atoms with Crippen LogP contribution in [0.3, 0.4) is 0 Å². The minimum atomic E-state index is -0.253. The molecular weight excluding hydrogens is 442 g/mol. The molecule has 2 amide bonds. The molecule has 1 aromatic heterocycles. The SMILES string of the molecule is Nc1ccccc1NC(=O)c1ccc(N2CCC3(CCN(C(=O)OCc4ccccc4)C3)C2)nc1. The zero-order chi connectivity index (χ0) is 24.3. The summed E-state index contributed by atoms with van der Waals surface area (Å²) < 4.78 is 5.53. The van der Waals surface area contributed by atoms with Crippen molar-refractivity contribution < 1.29 is 14.3 Å². The predicted molar refractivity (Wildman–Crippen MR) is 135 cm³/mol. The van der Waals surface area contributed by atoms with Crippen molar-refractivity contribution in [2.24, 2.45) is 5.41 Å². The maximum Gasteiger partial charge on any atom is 0.410 e. The minimum Gasteiger partial charge on any atom is -0.445 e. The van der Waals surface area contributed by atoms with E-state index < -0.39 is 0 Å². The summed E-state index contributed by atoms with van der Waals surface area (Å²) in [7, 11) is 0. The molecule has 3 heterocycles. The third-order valence-electron chi connectivity index (χ3n) is 6.88. The molecule has 2 saturated heterocycles. The van der Waals surface area contributed by atoms with Gasteiger partial charge in [-0.3, -0.25) is 4.79 Å². The fourth-order valence-corrected chi connectivity index (χ4v) is 4.88. The van der Waals surface area contributed by atoms with Crippen LogP contribution in [-0.4, -0.2) is 48.1 Å². The van der Waals surface area contributed by atoms with Crippen molar-refractivity contribution in [2.45, 2.75) is 19.4 Å². The second-order valence-corrected chi connectivity index (χ2v) is 9.33. The van der Waals surface area contributed by atoms with Crippen LogP contribution in [0.25, 0.3) is 0 Å². The number of nitrogens with zero attached hydrogens (tertiary/aromatic N) is 3. The number of hydrogen-bond acceptors (Lipinski definition) is 6. The maximum absolute atomic E-state index is 12.6. The van der Waals surface area contributed by atoms with Gasteiger partial charge < -0.3 is 25.6 Å². The van der Waals surface area contributed by atoms with Crippen LogP contribution in [0.4, 0.5) is 22.0 Å². The van der Waals surface area contributed by atoms with Gasteiger partial charge in [-0.05, 0) is 42.7 Å². The monoisotopic (exact) mass is 471 g/mol. The third-order valence-corrected chi connectivity index (χ3v) is 6.88. The summed E-state index contributed by atoms with van der Waals surface area (Å²) in [4.78, 5) is 33.8. The lowest BCUT2D eigenvalue weighted by molar-refractivity contribution is 0.100. The van der Waals surface area contributed by atoms with Crippen LogP contribution in [0.1, 0.15) is 28.8 Å². The Labute approximate surface area is 204 Å². The first-order valence-electron chi connectivity index (χ1n) is 11.8. The molecule has 0 saturated carbocycles. The van der Waals surface area contributed by atoms with Crippen molar-refractivity contribution in [3.8, 4) is 0 Å². The van der Waals surface area contributed by atoms with Gasteiger partial charge in [0, 0.05) is 37.8 Å². The van der Waals surface area contributed by atoms with Crippen LogP contribution in [0, 0.1) is 5.41 Å². The average molecular weight is 472 g/mol. The quantitative estimate of drug-likeness (QED) is 0.542. The van der Waals surface area contributed by atoms with E-state index in [1.807, 2.05) is 53.4 Å². The van der Waals surface area contributed by atoms with E-state index in [1.165, 1.54) is 0 Å². The number of carbonyl (C=O) groups is 2. The van der Waals surface area contributed by atoms with Crippen LogP contribution in [0.15, 0.2) is 72.9 Å². The molecule has 2 aromatic carbocycles. The number of hydrogen-bond donors (Lipinski definition) is 2. The molecule has 35 heavy (non-hydrogen) atoms. The number of anilines is 3. The van der Waals surface area contributed by atoms with Gasteiger partial charge in [0.2, 0.25) is 0 Å². The Morgan fingerprint density at radius 3 is 2.51 bits per heavy atom. The van der Waals surface area contributed by atoms with Gasteiger partial charge in [-0.15, -0.1) is 0 Å². The Balaban J connectivity index is 1.15. The van der Waals surface area contributed by atoms with Crippen molar-refractivity contribution >= 4 is 29.2 Å². The number of ether oxygens (including phenoxy) is 1. The molecule has 180 valence electrons. The predicted octanol–water partition coefficient (Wildman–Crippen LogP) is 4.16. The van der Waals surface area contributed by atoms with Crippen LogP contribution in [0.2, 0.25) is 0 Å². The van der Waals surface area contributed by atoms with E-state index in [0.29, 0.717) is 30.0 Å². The molecule has 2 fully saturated rings. The highest BCUT2D eigenvalue weighted by atomic mass is 16.6. The summed E-state index contributed by atoms with van der Waals surface area (Å²) in [6, 6.07) is 20.5. The largest absolute Gasteiger partial charge is 0.445 e. The molecular formula is C27H29N5O3. The first-order valence-corrected chi connectivity index (χ1v) is 11.8. The third kappa shape index (κ3) is 5.06. The summed E-state index contributed by atoms with van der Waals surface area (Å²) in [5, 5.41) is 2.82. The Hall–Kier alpha value is -4.07. The fraction of sp³-hybridized carbons (Fsp3) is 0.296. The lowest BCUT2D eigenvalue weighted by atomic mass is 9.86. The van der Waals surface area contributed by atoms with Crippen LogP contribution in [0.5, 0.6) is 0 Å². The molecule has 0 bridgehead atoms. The summed E-state index contributed by atoms with van der Waals surface area (Å²) >= 11 is 0. The highest BCUT2D eigenvalue weighted by molar-refractivity contribution is 6.05. The molecule has 3 aromatic rings. The van der Waals surface area contributed by atoms with E-state index in [-0.39, 0.29) is 24.0 Å². The summed E-state index contributed by atoms with van der Waals surface area (Å²) in [6.45, 7) is 3.38. The topological polar surface area (TPSA) is 101 Å². The molecule has 3 N–H and O–H groups in total. The van der Waals surface area contributed by atoms with Crippen LogP contribution >= 0.6 is 0 Å². The maximum atomic E-state index is 12.6. The Morgan fingerprint density at radius 2 is 1.74 bits per heavy atom.